The minimum atomic E-state index is -0.501. The second-order valence-electron chi connectivity index (χ2n) is 5.42. The van der Waals surface area contributed by atoms with Crippen LogP contribution in [0.2, 0.25) is 0 Å². The van der Waals surface area contributed by atoms with Gasteiger partial charge in [0.15, 0.2) is 0 Å². The quantitative estimate of drug-likeness (QED) is 0.936. The van der Waals surface area contributed by atoms with Gasteiger partial charge in [-0.25, -0.2) is 8.78 Å². The van der Waals surface area contributed by atoms with Crippen molar-refractivity contribution < 1.29 is 8.78 Å². The van der Waals surface area contributed by atoms with Crippen molar-refractivity contribution >= 4 is 0 Å². The fourth-order valence-electron chi connectivity index (χ4n) is 3.07. The van der Waals surface area contributed by atoms with E-state index in [0.717, 1.165) is 36.7 Å². The minimum absolute atomic E-state index is 0.000781. The van der Waals surface area contributed by atoms with Gasteiger partial charge in [0.05, 0.1) is 5.69 Å². The zero-order valence-electron chi connectivity index (χ0n) is 12.1. The lowest BCUT2D eigenvalue weighted by atomic mass is 9.87. The number of fused-ring (bicyclic) bond motifs is 1. The molecule has 0 saturated carbocycles. The molecule has 1 aromatic heterocycles. The summed E-state index contributed by atoms with van der Waals surface area (Å²) < 4.78 is 29.3. The summed E-state index contributed by atoms with van der Waals surface area (Å²) in [5.41, 5.74) is 2.51. The highest BCUT2D eigenvalue weighted by molar-refractivity contribution is 5.34. The summed E-state index contributed by atoms with van der Waals surface area (Å²) in [7, 11) is 0. The lowest BCUT2D eigenvalue weighted by Crippen LogP contribution is -2.26. The van der Waals surface area contributed by atoms with Crippen LogP contribution < -0.4 is 5.32 Å². The van der Waals surface area contributed by atoms with Crippen LogP contribution in [0.15, 0.2) is 24.4 Å². The molecule has 1 aliphatic carbocycles. The Labute approximate surface area is 123 Å². The zero-order valence-corrected chi connectivity index (χ0v) is 12.1. The number of rotatable bonds is 4. The number of hydrogen-bond acceptors (Lipinski definition) is 2. The van der Waals surface area contributed by atoms with Crippen LogP contribution in [0.3, 0.4) is 0 Å². The van der Waals surface area contributed by atoms with Gasteiger partial charge in [-0.05, 0) is 49.4 Å². The molecule has 21 heavy (non-hydrogen) atoms. The molecule has 0 unspecified atom stereocenters. The predicted molar refractivity (Wildman–Crippen MR) is 76.8 cm³/mol. The van der Waals surface area contributed by atoms with E-state index in [0.29, 0.717) is 18.5 Å². The van der Waals surface area contributed by atoms with Gasteiger partial charge in [-0.15, -0.1) is 0 Å². The first-order valence-electron chi connectivity index (χ1n) is 7.41. The Balaban J connectivity index is 1.79. The van der Waals surface area contributed by atoms with Crippen LogP contribution in [0, 0.1) is 11.6 Å². The number of benzene rings is 1. The van der Waals surface area contributed by atoms with Crippen LogP contribution >= 0.6 is 0 Å². The molecule has 0 radical (unpaired) electrons. The van der Waals surface area contributed by atoms with Crippen molar-refractivity contribution in [1.82, 2.24) is 15.1 Å². The molecule has 2 aromatic rings. The molecule has 112 valence electrons. The third kappa shape index (κ3) is 2.83. The Hall–Kier alpha value is -1.75. The van der Waals surface area contributed by atoms with Crippen LogP contribution in [0.4, 0.5) is 8.78 Å². The van der Waals surface area contributed by atoms with Crippen molar-refractivity contribution in [2.75, 3.05) is 0 Å². The second-order valence-corrected chi connectivity index (χ2v) is 5.42. The molecule has 1 aromatic carbocycles. The van der Waals surface area contributed by atoms with E-state index in [1.807, 2.05) is 17.7 Å². The third-order valence-corrected chi connectivity index (χ3v) is 4.12. The standard InChI is InChI=1S/C16H19F2N3/c1-2-21-12(6-7-20-21)10-19-16-5-3-4-13-14(16)8-11(17)9-15(13)18/h6-9,16,19H,2-5,10H2,1H3/t16-/m0/s1. The van der Waals surface area contributed by atoms with E-state index in [1.54, 1.807) is 6.20 Å². The van der Waals surface area contributed by atoms with Gasteiger partial charge in [-0.3, -0.25) is 4.68 Å². The van der Waals surface area contributed by atoms with Crippen LogP contribution in [0.5, 0.6) is 0 Å². The number of aryl methyl sites for hydroxylation is 1. The molecule has 1 N–H and O–H groups in total. The molecule has 1 heterocycles. The molecular weight excluding hydrogens is 272 g/mol. The zero-order chi connectivity index (χ0) is 14.8. The van der Waals surface area contributed by atoms with E-state index >= 15 is 0 Å². The molecule has 3 nitrogen and oxygen atoms in total. The Morgan fingerprint density at radius 2 is 2.24 bits per heavy atom. The van der Waals surface area contributed by atoms with Gasteiger partial charge in [0.25, 0.3) is 0 Å². The maximum Gasteiger partial charge on any atom is 0.129 e. The van der Waals surface area contributed by atoms with Gasteiger partial charge in [-0.2, -0.15) is 5.10 Å². The van der Waals surface area contributed by atoms with Crippen molar-refractivity contribution in [1.29, 1.82) is 0 Å². The normalized spacial score (nSPS) is 17.8. The SMILES string of the molecule is CCn1nccc1CN[C@H]1CCCc2c(F)cc(F)cc21. The number of nitrogens with one attached hydrogen (secondary N) is 1. The van der Waals surface area contributed by atoms with E-state index in [1.165, 1.54) is 6.07 Å². The van der Waals surface area contributed by atoms with Gasteiger partial charge in [0.1, 0.15) is 11.6 Å². The van der Waals surface area contributed by atoms with Crippen molar-refractivity contribution in [2.24, 2.45) is 0 Å². The van der Waals surface area contributed by atoms with Crippen LogP contribution in [0.25, 0.3) is 0 Å². The average Bonchev–Trinajstić information content (AvgIpc) is 2.92. The van der Waals surface area contributed by atoms with Crippen LogP contribution in [-0.2, 0) is 19.5 Å². The molecule has 0 fully saturated rings. The van der Waals surface area contributed by atoms with Crippen molar-refractivity contribution in [3.63, 3.8) is 0 Å². The molecule has 5 heteroatoms. The lowest BCUT2D eigenvalue weighted by Gasteiger charge is -2.27. The van der Waals surface area contributed by atoms with E-state index < -0.39 is 11.6 Å². The second kappa shape index (κ2) is 5.93. The Morgan fingerprint density at radius 1 is 1.38 bits per heavy atom. The smallest absolute Gasteiger partial charge is 0.129 e. The van der Waals surface area contributed by atoms with E-state index in [2.05, 4.69) is 10.4 Å². The molecule has 1 aliphatic rings. The molecule has 0 spiro atoms. The van der Waals surface area contributed by atoms with Gasteiger partial charge in [0.2, 0.25) is 0 Å². The summed E-state index contributed by atoms with van der Waals surface area (Å²) in [4.78, 5) is 0. The Bertz CT molecular complexity index is 636. The highest BCUT2D eigenvalue weighted by Gasteiger charge is 2.23. The number of nitrogens with zero attached hydrogens (tertiary/aromatic N) is 2. The number of halogens is 2. The molecule has 1 atom stereocenters. The summed E-state index contributed by atoms with van der Waals surface area (Å²) >= 11 is 0. The minimum Gasteiger partial charge on any atom is -0.304 e. The van der Waals surface area contributed by atoms with Crippen molar-refractivity contribution in [2.45, 2.75) is 45.3 Å². The highest BCUT2D eigenvalue weighted by Crippen LogP contribution is 2.32. The first-order chi connectivity index (χ1) is 10.2. The first-order valence-corrected chi connectivity index (χ1v) is 7.41. The van der Waals surface area contributed by atoms with Crippen LogP contribution in [-0.4, -0.2) is 9.78 Å². The summed E-state index contributed by atoms with van der Waals surface area (Å²) in [6.45, 7) is 3.50. The van der Waals surface area contributed by atoms with E-state index in [9.17, 15) is 8.78 Å². The number of aromatic nitrogens is 2. The average molecular weight is 291 g/mol. The highest BCUT2D eigenvalue weighted by atomic mass is 19.1. The van der Waals surface area contributed by atoms with Gasteiger partial charge < -0.3 is 5.32 Å². The molecular formula is C16H19F2N3. The van der Waals surface area contributed by atoms with Crippen molar-refractivity contribution in [3.05, 3.63) is 52.9 Å². The van der Waals surface area contributed by atoms with E-state index in [4.69, 9.17) is 0 Å². The summed E-state index contributed by atoms with van der Waals surface area (Å²) in [6, 6.07) is 4.41. The van der Waals surface area contributed by atoms with E-state index in [-0.39, 0.29) is 6.04 Å². The maximum absolute atomic E-state index is 13.9. The fraction of sp³-hybridized carbons (Fsp3) is 0.438. The third-order valence-electron chi connectivity index (χ3n) is 4.12. The summed E-state index contributed by atoms with van der Waals surface area (Å²) in [6.07, 6.45) is 4.28. The largest absolute Gasteiger partial charge is 0.304 e. The Morgan fingerprint density at radius 3 is 3.05 bits per heavy atom. The Kier molecular flexibility index (Phi) is 4.01. The topological polar surface area (TPSA) is 29.9 Å². The van der Waals surface area contributed by atoms with Crippen LogP contribution in [0.1, 0.15) is 42.6 Å². The predicted octanol–water partition coefficient (Wildman–Crippen LogP) is 3.35. The molecule has 0 aliphatic heterocycles. The molecule has 0 saturated heterocycles. The summed E-state index contributed by atoms with van der Waals surface area (Å²) in [5.74, 6) is -0.923. The van der Waals surface area contributed by atoms with Gasteiger partial charge >= 0.3 is 0 Å². The summed E-state index contributed by atoms with van der Waals surface area (Å²) in [5, 5.41) is 7.64. The lowest BCUT2D eigenvalue weighted by molar-refractivity contribution is 0.433. The molecule has 3 rings (SSSR count). The fourth-order valence-corrected chi connectivity index (χ4v) is 3.07. The van der Waals surface area contributed by atoms with Gasteiger partial charge in [-0.1, -0.05) is 0 Å². The first kappa shape index (κ1) is 14.2. The van der Waals surface area contributed by atoms with Crippen molar-refractivity contribution in [3.8, 4) is 0 Å². The molecule has 0 amide bonds. The number of hydrogen-bond donors (Lipinski definition) is 1. The van der Waals surface area contributed by atoms with Gasteiger partial charge in [0, 0.05) is 31.4 Å². The monoisotopic (exact) mass is 291 g/mol. The molecule has 0 bridgehead atoms. The maximum atomic E-state index is 13.9.